The number of ketones is 1. The van der Waals surface area contributed by atoms with Crippen molar-refractivity contribution < 1.29 is 24.0 Å². The predicted molar refractivity (Wildman–Crippen MR) is 112 cm³/mol. The van der Waals surface area contributed by atoms with E-state index < -0.39 is 23.5 Å². The van der Waals surface area contributed by atoms with Crippen LogP contribution in [0, 0.1) is 13.8 Å². The number of quaternary nitrogens is 1. The molecule has 4 rings (SSSR count). The maximum absolute atomic E-state index is 13.7. The second-order valence-corrected chi connectivity index (χ2v) is 8.23. The van der Waals surface area contributed by atoms with E-state index >= 15 is 0 Å². The van der Waals surface area contributed by atoms with Crippen molar-refractivity contribution in [2.75, 3.05) is 27.2 Å². The summed E-state index contributed by atoms with van der Waals surface area (Å²) in [7, 11) is 4.05. The molecule has 0 spiro atoms. The number of carbonyl (C=O) groups excluding carboxylic acids is 2. The molecule has 1 atom stereocenters. The molecule has 1 aliphatic heterocycles. The highest BCUT2D eigenvalue weighted by atomic mass is 16.3. The maximum atomic E-state index is 13.7. The summed E-state index contributed by atoms with van der Waals surface area (Å²) in [5.41, 5.74) is 2.30. The van der Waals surface area contributed by atoms with Crippen LogP contribution in [0.2, 0.25) is 0 Å². The third-order valence-corrected chi connectivity index (χ3v) is 5.65. The van der Waals surface area contributed by atoms with Crippen molar-refractivity contribution in [3.63, 3.8) is 0 Å². The van der Waals surface area contributed by atoms with Crippen LogP contribution in [-0.2, 0) is 9.59 Å². The summed E-state index contributed by atoms with van der Waals surface area (Å²) in [6.07, 6.45) is 3.93. The zero-order chi connectivity index (χ0) is 22.3. The number of furan rings is 1. The van der Waals surface area contributed by atoms with Crippen LogP contribution in [0.4, 0.5) is 0 Å². The second kappa shape index (κ2) is 8.03. The maximum Gasteiger partial charge on any atom is 0.295 e. The van der Waals surface area contributed by atoms with Gasteiger partial charge in [-0.15, -0.1) is 0 Å². The minimum Gasteiger partial charge on any atom is -0.871 e. The van der Waals surface area contributed by atoms with Crippen molar-refractivity contribution in [2.24, 2.45) is 0 Å². The van der Waals surface area contributed by atoms with E-state index in [9.17, 15) is 14.7 Å². The summed E-state index contributed by atoms with van der Waals surface area (Å²) < 4.78 is 7.25. The molecule has 1 unspecified atom stereocenters. The van der Waals surface area contributed by atoms with E-state index in [4.69, 9.17) is 4.42 Å². The van der Waals surface area contributed by atoms with Gasteiger partial charge in [0.1, 0.15) is 17.4 Å². The van der Waals surface area contributed by atoms with Crippen LogP contribution >= 0.6 is 0 Å². The number of nitrogens with zero attached hydrogens (tertiary/aromatic N) is 3. The Bertz CT molecular complexity index is 1170. The fraction of sp³-hybridized carbons (Fsp3) is 0.348. The van der Waals surface area contributed by atoms with E-state index in [1.165, 1.54) is 16.1 Å². The molecule has 3 aromatic rings. The predicted octanol–water partition coefficient (Wildman–Crippen LogP) is 0.303. The van der Waals surface area contributed by atoms with Crippen LogP contribution in [0.5, 0.6) is 0 Å². The SMILES string of the molecule is Cc1nc2c(C)cccn2c1/C([O-])=C1\C(=O)C(=O)N(CCC[NH+](C)C)C1c1ccco1. The molecule has 3 aromatic heterocycles. The summed E-state index contributed by atoms with van der Waals surface area (Å²) in [5, 5.41) is 13.7. The molecule has 1 N–H and O–H groups in total. The minimum atomic E-state index is -0.838. The lowest BCUT2D eigenvalue weighted by atomic mass is 10.0. The van der Waals surface area contributed by atoms with Gasteiger partial charge in [-0.3, -0.25) is 9.59 Å². The number of hydrogen-bond donors (Lipinski definition) is 1. The van der Waals surface area contributed by atoms with Crippen LogP contribution in [0.25, 0.3) is 11.4 Å². The molecular weight excluding hydrogens is 396 g/mol. The number of hydrogen-bond acceptors (Lipinski definition) is 5. The minimum absolute atomic E-state index is 0.0800. The number of carbonyl (C=O) groups is 2. The number of amides is 1. The Balaban J connectivity index is 1.86. The van der Waals surface area contributed by atoms with Crippen LogP contribution in [0.15, 0.2) is 46.7 Å². The van der Waals surface area contributed by atoms with Crippen molar-refractivity contribution in [3.05, 3.63) is 65.0 Å². The fourth-order valence-electron chi connectivity index (χ4n) is 4.16. The molecule has 1 aliphatic rings. The quantitative estimate of drug-likeness (QED) is 0.350. The van der Waals surface area contributed by atoms with E-state index in [1.807, 2.05) is 33.2 Å². The Morgan fingerprint density at radius 3 is 2.68 bits per heavy atom. The zero-order valence-electron chi connectivity index (χ0n) is 18.1. The first kappa shape index (κ1) is 20.9. The summed E-state index contributed by atoms with van der Waals surface area (Å²) >= 11 is 0. The van der Waals surface area contributed by atoms with Gasteiger partial charge >= 0.3 is 0 Å². The molecule has 0 aliphatic carbocycles. The molecule has 1 amide bonds. The summed E-state index contributed by atoms with van der Waals surface area (Å²) in [6.45, 7) is 4.84. The van der Waals surface area contributed by atoms with E-state index in [0.29, 0.717) is 35.8 Å². The molecule has 1 fully saturated rings. The lowest BCUT2D eigenvalue weighted by Gasteiger charge is -2.25. The molecule has 162 valence electrons. The Kier molecular flexibility index (Phi) is 5.41. The average Bonchev–Trinajstić information content (AvgIpc) is 3.41. The standard InChI is InChI=1S/C23H26N4O4/c1-14-8-5-11-26-18(15(2)24-22(14)26)20(28)17-19(16-9-6-13-31-16)27(23(30)21(17)29)12-7-10-25(3)4/h5-6,8-9,11,13,19,28H,7,10,12H2,1-4H3/b20-17+. The van der Waals surface area contributed by atoms with E-state index in [0.717, 1.165) is 12.1 Å². The van der Waals surface area contributed by atoms with Crippen LogP contribution in [0.1, 0.15) is 35.2 Å². The van der Waals surface area contributed by atoms with E-state index in [1.54, 1.807) is 29.7 Å². The highest BCUT2D eigenvalue weighted by Gasteiger charge is 2.45. The van der Waals surface area contributed by atoms with Gasteiger partial charge in [-0.2, -0.15) is 0 Å². The normalized spacial score (nSPS) is 18.6. The first-order chi connectivity index (χ1) is 14.8. The number of rotatable bonds is 6. The zero-order valence-corrected chi connectivity index (χ0v) is 18.1. The molecule has 8 heteroatoms. The van der Waals surface area contributed by atoms with Crippen molar-refractivity contribution >= 4 is 23.1 Å². The smallest absolute Gasteiger partial charge is 0.295 e. The highest BCUT2D eigenvalue weighted by molar-refractivity contribution is 6.46. The number of imidazole rings is 1. The molecule has 0 aromatic carbocycles. The molecule has 0 saturated carbocycles. The van der Waals surface area contributed by atoms with Crippen molar-refractivity contribution in [1.82, 2.24) is 14.3 Å². The Hall–Kier alpha value is -3.39. The summed E-state index contributed by atoms with van der Waals surface area (Å²) in [5.74, 6) is -1.52. The molecule has 31 heavy (non-hydrogen) atoms. The largest absolute Gasteiger partial charge is 0.871 e. The number of pyridine rings is 1. The molecule has 4 heterocycles. The van der Waals surface area contributed by atoms with Crippen molar-refractivity contribution in [3.8, 4) is 0 Å². The van der Waals surface area contributed by atoms with Crippen LogP contribution in [0.3, 0.4) is 0 Å². The fourth-order valence-corrected chi connectivity index (χ4v) is 4.16. The van der Waals surface area contributed by atoms with Gasteiger partial charge in [0.15, 0.2) is 0 Å². The van der Waals surface area contributed by atoms with Gasteiger partial charge in [-0.25, -0.2) is 4.98 Å². The van der Waals surface area contributed by atoms with Gasteiger partial charge in [-0.1, -0.05) is 11.8 Å². The average molecular weight is 422 g/mol. The molecule has 0 bridgehead atoms. The number of likely N-dealkylation sites (tertiary alicyclic amines) is 1. The number of aryl methyl sites for hydroxylation is 2. The summed E-state index contributed by atoms with van der Waals surface area (Å²) in [4.78, 5) is 33.2. The number of fused-ring (bicyclic) bond motifs is 1. The number of nitrogens with one attached hydrogen (secondary N) is 1. The molecule has 0 radical (unpaired) electrons. The van der Waals surface area contributed by atoms with Gasteiger partial charge in [0.2, 0.25) is 5.78 Å². The highest BCUT2D eigenvalue weighted by Crippen LogP contribution is 2.39. The van der Waals surface area contributed by atoms with Crippen LogP contribution < -0.4 is 10.0 Å². The summed E-state index contributed by atoms with van der Waals surface area (Å²) in [6, 6.07) is 6.28. The first-order valence-electron chi connectivity index (χ1n) is 10.3. The Labute approximate surface area is 180 Å². The van der Waals surface area contributed by atoms with Gasteiger partial charge in [0.05, 0.1) is 38.3 Å². The molecule has 8 nitrogen and oxygen atoms in total. The number of aromatic nitrogens is 2. The Morgan fingerprint density at radius 1 is 1.23 bits per heavy atom. The van der Waals surface area contributed by atoms with Gasteiger partial charge < -0.3 is 23.7 Å². The molecule has 1 saturated heterocycles. The first-order valence-corrected chi connectivity index (χ1v) is 10.3. The lowest BCUT2D eigenvalue weighted by molar-refractivity contribution is -0.858. The second-order valence-electron chi connectivity index (χ2n) is 8.23. The van der Waals surface area contributed by atoms with Gasteiger partial charge in [0.25, 0.3) is 5.91 Å². The van der Waals surface area contributed by atoms with Gasteiger partial charge in [-0.05, 0) is 37.6 Å². The van der Waals surface area contributed by atoms with Crippen molar-refractivity contribution in [2.45, 2.75) is 26.3 Å². The van der Waals surface area contributed by atoms with E-state index in [-0.39, 0.29) is 5.57 Å². The van der Waals surface area contributed by atoms with Crippen LogP contribution in [-0.4, -0.2) is 53.2 Å². The topological polar surface area (TPSA) is 95.3 Å². The van der Waals surface area contributed by atoms with E-state index in [2.05, 4.69) is 4.98 Å². The van der Waals surface area contributed by atoms with Gasteiger partial charge in [0, 0.05) is 24.7 Å². The Morgan fingerprint density at radius 2 is 2.00 bits per heavy atom. The lowest BCUT2D eigenvalue weighted by Crippen LogP contribution is -3.05. The number of Topliss-reactive ketones (excluding diaryl/α,β-unsaturated/α-hetero) is 1. The third-order valence-electron chi connectivity index (χ3n) is 5.65. The monoisotopic (exact) mass is 422 g/mol. The molecular formula is C23H26N4O4. The van der Waals surface area contributed by atoms with Crippen molar-refractivity contribution in [1.29, 1.82) is 0 Å². The third kappa shape index (κ3) is 3.53.